The summed E-state index contributed by atoms with van der Waals surface area (Å²) in [4.78, 5) is 19.6. The normalized spacial score (nSPS) is 21.9. The van der Waals surface area contributed by atoms with E-state index in [-0.39, 0.29) is 23.5 Å². The van der Waals surface area contributed by atoms with E-state index in [1.54, 1.807) is 12.4 Å². The van der Waals surface area contributed by atoms with Gasteiger partial charge >= 0.3 is 0 Å². The highest BCUT2D eigenvalue weighted by Gasteiger charge is 2.30. The van der Waals surface area contributed by atoms with Gasteiger partial charge in [-0.2, -0.15) is 0 Å². The molecule has 1 amide bonds. The van der Waals surface area contributed by atoms with Gasteiger partial charge in [-0.05, 0) is 30.2 Å². The van der Waals surface area contributed by atoms with E-state index in [1.807, 2.05) is 18.2 Å². The molecule has 0 radical (unpaired) electrons. The van der Waals surface area contributed by atoms with Crippen LogP contribution >= 0.6 is 11.3 Å². The van der Waals surface area contributed by atoms with Crippen molar-refractivity contribution in [3.8, 4) is 11.1 Å². The molecule has 144 valence electrons. The van der Waals surface area contributed by atoms with E-state index >= 15 is 0 Å². The number of hydrogen-bond donors (Lipinski definition) is 1. The first kappa shape index (κ1) is 18.4. The average molecular weight is 408 g/mol. The molecule has 1 N–H and O–H groups in total. The zero-order valence-electron chi connectivity index (χ0n) is 14.8. The van der Waals surface area contributed by atoms with Crippen molar-refractivity contribution in [1.82, 2.24) is 10.3 Å². The molecule has 4 heterocycles. The molecule has 1 atom stereocenters. The number of rotatable bonds is 4. The van der Waals surface area contributed by atoms with Crippen LogP contribution in [0.1, 0.15) is 16.1 Å². The molecule has 27 heavy (non-hydrogen) atoms. The first-order valence-electron chi connectivity index (χ1n) is 8.90. The van der Waals surface area contributed by atoms with Crippen LogP contribution in [0, 0.1) is 0 Å². The summed E-state index contributed by atoms with van der Waals surface area (Å²) in [5.41, 5.74) is 2.00. The van der Waals surface area contributed by atoms with Crippen LogP contribution in [-0.2, 0) is 14.6 Å². The molecule has 0 saturated carbocycles. The molecule has 2 aliphatic rings. The summed E-state index contributed by atoms with van der Waals surface area (Å²) >= 11 is 1.44. The van der Waals surface area contributed by atoms with E-state index in [4.69, 9.17) is 4.74 Å². The number of carbonyl (C=O) groups is 1. The van der Waals surface area contributed by atoms with Gasteiger partial charge in [0.25, 0.3) is 5.91 Å². The molecule has 0 bridgehead atoms. The van der Waals surface area contributed by atoms with Crippen molar-refractivity contribution in [2.45, 2.75) is 12.5 Å². The van der Waals surface area contributed by atoms with E-state index in [0.717, 1.165) is 29.2 Å². The molecule has 2 fully saturated rings. The third kappa shape index (κ3) is 4.15. The summed E-state index contributed by atoms with van der Waals surface area (Å²) < 4.78 is 28.7. The second-order valence-electron chi connectivity index (χ2n) is 6.74. The Kier molecular flexibility index (Phi) is 5.16. The number of nitrogens with zero attached hydrogens (tertiary/aromatic N) is 2. The highest BCUT2D eigenvalue weighted by molar-refractivity contribution is 7.91. The fourth-order valence-electron chi connectivity index (χ4n) is 3.40. The number of thiophene rings is 1. The van der Waals surface area contributed by atoms with Crippen LogP contribution in [-0.4, -0.2) is 63.2 Å². The maximum absolute atomic E-state index is 12.7. The van der Waals surface area contributed by atoms with Gasteiger partial charge < -0.3 is 15.0 Å². The Morgan fingerprint density at radius 3 is 2.67 bits per heavy atom. The molecule has 2 aliphatic heterocycles. The van der Waals surface area contributed by atoms with E-state index in [1.165, 1.54) is 11.3 Å². The second kappa shape index (κ2) is 7.57. The Labute approximate surface area is 162 Å². The lowest BCUT2D eigenvalue weighted by atomic mass is 10.1. The molecule has 2 saturated heterocycles. The highest BCUT2D eigenvalue weighted by atomic mass is 32.2. The fourth-order valence-corrected chi connectivity index (χ4v) is 6.21. The van der Waals surface area contributed by atoms with E-state index in [0.29, 0.717) is 24.5 Å². The zero-order chi connectivity index (χ0) is 18.9. The number of carbonyl (C=O) groups excluding carboxylic acids is 1. The van der Waals surface area contributed by atoms with E-state index in [2.05, 4.69) is 15.2 Å². The quantitative estimate of drug-likeness (QED) is 0.828. The molecular weight excluding hydrogens is 386 g/mol. The lowest BCUT2D eigenvalue weighted by Gasteiger charge is -2.28. The van der Waals surface area contributed by atoms with Gasteiger partial charge in [-0.25, -0.2) is 8.42 Å². The molecule has 0 spiro atoms. The number of aromatic nitrogens is 1. The number of pyridine rings is 1. The fraction of sp³-hybridized carbons (Fsp3) is 0.444. The standard InChI is InChI=1S/C18H21N3O4S2/c22-17(20-14-3-10-27(23,24)12-14)16-11-15(13-1-4-19-5-2-13)18(26-16)21-6-8-25-9-7-21/h1-2,4-5,11,14H,3,6-10,12H2,(H,20,22)/t14-/m0/s1. The van der Waals surface area contributed by atoms with Gasteiger partial charge in [-0.1, -0.05) is 0 Å². The Morgan fingerprint density at radius 1 is 1.26 bits per heavy atom. The molecule has 2 aromatic heterocycles. The monoisotopic (exact) mass is 407 g/mol. The van der Waals surface area contributed by atoms with Gasteiger partial charge in [0.05, 0.1) is 34.6 Å². The molecule has 0 unspecified atom stereocenters. The highest BCUT2D eigenvalue weighted by Crippen LogP contribution is 2.39. The number of nitrogens with one attached hydrogen (secondary N) is 1. The van der Waals surface area contributed by atoms with Crippen LogP contribution in [0.15, 0.2) is 30.6 Å². The Morgan fingerprint density at radius 2 is 2.00 bits per heavy atom. The summed E-state index contributed by atoms with van der Waals surface area (Å²) in [6, 6.07) is 5.44. The molecule has 7 nitrogen and oxygen atoms in total. The molecule has 4 rings (SSSR count). The van der Waals surface area contributed by atoms with Crippen LogP contribution in [0.25, 0.3) is 11.1 Å². The number of morpholine rings is 1. The van der Waals surface area contributed by atoms with Gasteiger partial charge in [-0.15, -0.1) is 11.3 Å². The van der Waals surface area contributed by atoms with Crippen LogP contribution in [0.2, 0.25) is 0 Å². The SMILES string of the molecule is O=C(N[C@H]1CCS(=O)(=O)C1)c1cc(-c2ccncc2)c(N2CCOCC2)s1. The molecule has 2 aromatic rings. The van der Waals surface area contributed by atoms with Crippen LogP contribution < -0.4 is 10.2 Å². The summed E-state index contributed by atoms with van der Waals surface area (Å²) in [5.74, 6) is -0.0432. The Hall–Kier alpha value is -1.97. The minimum atomic E-state index is -3.03. The molecule has 0 aromatic carbocycles. The molecule has 0 aliphatic carbocycles. The van der Waals surface area contributed by atoms with Crippen molar-refractivity contribution in [2.75, 3.05) is 42.7 Å². The maximum Gasteiger partial charge on any atom is 0.261 e. The minimum absolute atomic E-state index is 0.0254. The number of ether oxygens (including phenoxy) is 1. The van der Waals surface area contributed by atoms with Crippen LogP contribution in [0.3, 0.4) is 0 Å². The Balaban J connectivity index is 1.61. The average Bonchev–Trinajstić information content (AvgIpc) is 3.27. The number of hydrogen-bond acceptors (Lipinski definition) is 7. The summed E-state index contributed by atoms with van der Waals surface area (Å²) in [5, 5.41) is 3.92. The van der Waals surface area contributed by atoms with E-state index < -0.39 is 9.84 Å². The van der Waals surface area contributed by atoms with Gasteiger partial charge in [0, 0.05) is 37.1 Å². The molecular formula is C18H21N3O4S2. The van der Waals surface area contributed by atoms with Crippen molar-refractivity contribution in [1.29, 1.82) is 0 Å². The largest absolute Gasteiger partial charge is 0.378 e. The zero-order valence-corrected chi connectivity index (χ0v) is 16.4. The summed E-state index contributed by atoms with van der Waals surface area (Å²) in [6.07, 6.45) is 3.95. The maximum atomic E-state index is 12.7. The van der Waals surface area contributed by atoms with Gasteiger partial charge in [0.2, 0.25) is 0 Å². The predicted octanol–water partition coefficient (Wildman–Crippen LogP) is 1.56. The minimum Gasteiger partial charge on any atom is -0.378 e. The van der Waals surface area contributed by atoms with Crippen molar-refractivity contribution in [2.24, 2.45) is 0 Å². The first-order valence-corrected chi connectivity index (χ1v) is 11.5. The third-order valence-corrected chi connectivity index (χ3v) is 7.76. The van der Waals surface area contributed by atoms with Crippen molar-refractivity contribution in [3.63, 3.8) is 0 Å². The lowest BCUT2D eigenvalue weighted by molar-refractivity contribution is 0.0945. The molecule has 9 heteroatoms. The van der Waals surface area contributed by atoms with Crippen molar-refractivity contribution < 1.29 is 17.9 Å². The number of anilines is 1. The van der Waals surface area contributed by atoms with Gasteiger partial charge in [0.15, 0.2) is 9.84 Å². The van der Waals surface area contributed by atoms with Crippen LogP contribution in [0.4, 0.5) is 5.00 Å². The first-order chi connectivity index (χ1) is 13.0. The third-order valence-electron chi connectivity index (χ3n) is 4.79. The van der Waals surface area contributed by atoms with Crippen LogP contribution in [0.5, 0.6) is 0 Å². The number of amides is 1. The second-order valence-corrected chi connectivity index (χ2v) is 10.00. The lowest BCUT2D eigenvalue weighted by Crippen LogP contribution is -2.36. The topological polar surface area (TPSA) is 88.6 Å². The summed E-state index contributed by atoms with van der Waals surface area (Å²) in [6.45, 7) is 2.88. The predicted molar refractivity (Wildman–Crippen MR) is 105 cm³/mol. The van der Waals surface area contributed by atoms with Gasteiger partial charge in [0.1, 0.15) is 0 Å². The van der Waals surface area contributed by atoms with Crippen molar-refractivity contribution >= 4 is 32.1 Å². The summed E-state index contributed by atoms with van der Waals surface area (Å²) in [7, 11) is -3.03. The number of sulfone groups is 1. The smallest absolute Gasteiger partial charge is 0.261 e. The Bertz CT molecular complexity index is 921. The van der Waals surface area contributed by atoms with Crippen molar-refractivity contribution in [3.05, 3.63) is 35.5 Å². The van der Waals surface area contributed by atoms with Gasteiger partial charge in [-0.3, -0.25) is 9.78 Å². The van der Waals surface area contributed by atoms with E-state index in [9.17, 15) is 13.2 Å².